The molecule has 0 spiro atoms. The van der Waals surface area contributed by atoms with Crippen LogP contribution in [0.2, 0.25) is 0 Å². The molecule has 1 N–H and O–H groups in total. The van der Waals surface area contributed by atoms with E-state index < -0.39 is 6.10 Å². The van der Waals surface area contributed by atoms with Gasteiger partial charge in [0.2, 0.25) is 5.95 Å². The number of nitrogens with one attached hydrogen (secondary N) is 1. The number of halogens is 2. The first-order chi connectivity index (χ1) is 9.56. The van der Waals surface area contributed by atoms with E-state index >= 15 is 0 Å². The Kier molecular flexibility index (Phi) is 5.08. The lowest BCUT2D eigenvalue weighted by Crippen LogP contribution is -2.30. The fraction of sp³-hybridized carbons (Fsp3) is 0.154. The van der Waals surface area contributed by atoms with Gasteiger partial charge in [0.05, 0.1) is 4.47 Å². The quantitative estimate of drug-likeness (QED) is 0.854. The highest BCUT2D eigenvalue weighted by molar-refractivity contribution is 9.11. The van der Waals surface area contributed by atoms with Gasteiger partial charge >= 0.3 is 0 Å². The molecule has 0 aliphatic heterocycles. The fourth-order valence-electron chi connectivity index (χ4n) is 1.39. The van der Waals surface area contributed by atoms with Crippen LogP contribution in [0, 0.1) is 0 Å². The van der Waals surface area contributed by atoms with Crippen molar-refractivity contribution >= 4 is 43.7 Å². The highest BCUT2D eigenvalue weighted by Gasteiger charge is 2.17. The maximum Gasteiger partial charge on any atom is 0.267 e. The molecule has 20 heavy (non-hydrogen) atoms. The van der Waals surface area contributed by atoms with Crippen molar-refractivity contribution in [2.45, 2.75) is 13.0 Å². The van der Waals surface area contributed by atoms with Crippen molar-refractivity contribution < 1.29 is 9.53 Å². The number of benzene rings is 1. The number of carbonyl (C=O) groups is 1. The minimum absolute atomic E-state index is 0.253. The van der Waals surface area contributed by atoms with E-state index in [-0.39, 0.29) is 11.9 Å². The van der Waals surface area contributed by atoms with Gasteiger partial charge in [-0.2, -0.15) is 0 Å². The lowest BCUT2D eigenvalue weighted by Gasteiger charge is -2.15. The summed E-state index contributed by atoms with van der Waals surface area (Å²) in [7, 11) is 0. The third-order valence-corrected chi connectivity index (χ3v) is 3.48. The van der Waals surface area contributed by atoms with Gasteiger partial charge in [-0.1, -0.05) is 15.9 Å². The van der Waals surface area contributed by atoms with Gasteiger partial charge in [0.25, 0.3) is 5.91 Å². The Morgan fingerprint density at radius 3 is 2.65 bits per heavy atom. The van der Waals surface area contributed by atoms with Crippen LogP contribution < -0.4 is 10.1 Å². The molecule has 0 aliphatic carbocycles. The molecule has 0 saturated carbocycles. The topological polar surface area (TPSA) is 64.1 Å². The molecule has 0 saturated heterocycles. The molecule has 0 aliphatic rings. The Bertz CT molecular complexity index is 608. The number of hydrogen-bond acceptors (Lipinski definition) is 4. The van der Waals surface area contributed by atoms with Crippen LogP contribution in [0.25, 0.3) is 0 Å². The molecule has 2 rings (SSSR count). The number of nitrogens with zero attached hydrogens (tertiary/aromatic N) is 2. The van der Waals surface area contributed by atoms with Crippen LogP contribution in [0.15, 0.2) is 45.6 Å². The van der Waals surface area contributed by atoms with Gasteiger partial charge in [-0.05, 0) is 47.1 Å². The normalized spacial score (nSPS) is 11.8. The summed E-state index contributed by atoms with van der Waals surface area (Å²) < 4.78 is 7.29. The van der Waals surface area contributed by atoms with Crippen LogP contribution in [0.3, 0.4) is 0 Å². The molecule has 2 aromatic rings. The average molecular weight is 401 g/mol. The monoisotopic (exact) mass is 399 g/mol. The lowest BCUT2D eigenvalue weighted by atomic mass is 10.3. The van der Waals surface area contributed by atoms with E-state index in [1.165, 1.54) is 0 Å². The summed E-state index contributed by atoms with van der Waals surface area (Å²) in [5.74, 6) is 0.527. The number of anilines is 1. The van der Waals surface area contributed by atoms with Crippen LogP contribution in [0.1, 0.15) is 6.92 Å². The molecule has 0 radical (unpaired) electrons. The third-order valence-electron chi connectivity index (χ3n) is 2.37. The summed E-state index contributed by atoms with van der Waals surface area (Å²) in [4.78, 5) is 19.8. The van der Waals surface area contributed by atoms with E-state index in [4.69, 9.17) is 4.74 Å². The van der Waals surface area contributed by atoms with Crippen molar-refractivity contribution in [2.75, 3.05) is 5.32 Å². The Balaban J connectivity index is 2.00. The second kappa shape index (κ2) is 6.81. The lowest BCUT2D eigenvalue weighted by molar-refractivity contribution is -0.122. The SMILES string of the molecule is C[C@H](Oc1ccc(Br)cc1Br)C(=O)Nc1ncccn1. The Morgan fingerprint density at radius 2 is 2.00 bits per heavy atom. The van der Waals surface area contributed by atoms with Crippen molar-refractivity contribution in [3.8, 4) is 5.75 Å². The van der Waals surface area contributed by atoms with E-state index in [1.807, 2.05) is 12.1 Å². The average Bonchev–Trinajstić information content (AvgIpc) is 2.43. The van der Waals surface area contributed by atoms with E-state index in [0.29, 0.717) is 5.75 Å². The van der Waals surface area contributed by atoms with Gasteiger partial charge in [-0.3, -0.25) is 10.1 Å². The maximum atomic E-state index is 12.0. The Labute approximate surface area is 133 Å². The van der Waals surface area contributed by atoms with Gasteiger partial charge in [0.1, 0.15) is 5.75 Å². The molecule has 1 aromatic carbocycles. The number of aromatic nitrogens is 2. The third kappa shape index (κ3) is 4.01. The minimum atomic E-state index is -0.670. The van der Waals surface area contributed by atoms with Gasteiger partial charge in [-0.25, -0.2) is 9.97 Å². The molecule has 0 fully saturated rings. The Morgan fingerprint density at radius 1 is 1.30 bits per heavy atom. The standard InChI is InChI=1S/C13H11Br2N3O2/c1-8(12(19)18-13-16-5-2-6-17-13)20-11-4-3-9(14)7-10(11)15/h2-8H,1H3,(H,16,17,18,19)/t8-/m0/s1. The summed E-state index contributed by atoms with van der Waals surface area (Å²) in [6, 6.07) is 7.14. The summed E-state index contributed by atoms with van der Waals surface area (Å²) >= 11 is 6.73. The van der Waals surface area contributed by atoms with E-state index in [9.17, 15) is 4.79 Å². The summed E-state index contributed by atoms with van der Waals surface area (Å²) in [5.41, 5.74) is 0. The first kappa shape index (κ1) is 14.9. The molecule has 7 heteroatoms. The predicted octanol–water partition coefficient (Wildman–Crippen LogP) is 3.41. The van der Waals surface area contributed by atoms with Crippen molar-refractivity contribution in [3.05, 3.63) is 45.6 Å². The number of rotatable bonds is 4. The summed E-state index contributed by atoms with van der Waals surface area (Å²) in [5, 5.41) is 2.58. The van der Waals surface area contributed by atoms with E-state index in [2.05, 4.69) is 47.1 Å². The number of carbonyl (C=O) groups excluding carboxylic acids is 1. The first-order valence-electron chi connectivity index (χ1n) is 5.76. The molecule has 0 unspecified atom stereocenters. The van der Waals surface area contributed by atoms with E-state index in [0.717, 1.165) is 8.95 Å². The van der Waals surface area contributed by atoms with Crippen molar-refractivity contribution in [1.82, 2.24) is 9.97 Å². The zero-order chi connectivity index (χ0) is 14.5. The number of ether oxygens (including phenoxy) is 1. The second-order valence-corrected chi connectivity index (χ2v) is 5.67. The van der Waals surface area contributed by atoms with Gasteiger partial charge < -0.3 is 4.74 Å². The molecule has 1 aromatic heterocycles. The second-order valence-electron chi connectivity index (χ2n) is 3.90. The Hall–Kier alpha value is -1.47. The molecule has 5 nitrogen and oxygen atoms in total. The molecular formula is C13H11Br2N3O2. The smallest absolute Gasteiger partial charge is 0.267 e. The van der Waals surface area contributed by atoms with Gasteiger partial charge in [0.15, 0.2) is 6.10 Å². The number of hydrogen-bond donors (Lipinski definition) is 1. The summed E-state index contributed by atoms with van der Waals surface area (Å²) in [6.45, 7) is 1.66. The molecule has 0 bridgehead atoms. The van der Waals surface area contributed by atoms with Crippen LogP contribution >= 0.6 is 31.9 Å². The summed E-state index contributed by atoms with van der Waals surface area (Å²) in [6.07, 6.45) is 2.44. The molecular weight excluding hydrogens is 390 g/mol. The molecule has 104 valence electrons. The zero-order valence-corrected chi connectivity index (χ0v) is 13.7. The van der Waals surface area contributed by atoms with Crippen molar-refractivity contribution in [1.29, 1.82) is 0 Å². The van der Waals surface area contributed by atoms with Crippen molar-refractivity contribution in [2.24, 2.45) is 0 Å². The van der Waals surface area contributed by atoms with Crippen LogP contribution in [-0.2, 0) is 4.79 Å². The molecule has 1 amide bonds. The largest absolute Gasteiger partial charge is 0.480 e. The highest BCUT2D eigenvalue weighted by atomic mass is 79.9. The highest BCUT2D eigenvalue weighted by Crippen LogP contribution is 2.29. The van der Waals surface area contributed by atoms with Crippen LogP contribution in [-0.4, -0.2) is 22.0 Å². The van der Waals surface area contributed by atoms with Crippen LogP contribution in [0.5, 0.6) is 5.75 Å². The fourth-order valence-corrected chi connectivity index (χ4v) is 2.53. The zero-order valence-electron chi connectivity index (χ0n) is 10.5. The molecule has 1 atom stereocenters. The van der Waals surface area contributed by atoms with Crippen molar-refractivity contribution in [3.63, 3.8) is 0 Å². The van der Waals surface area contributed by atoms with Gasteiger partial charge in [0, 0.05) is 16.9 Å². The maximum absolute atomic E-state index is 12.0. The minimum Gasteiger partial charge on any atom is -0.480 e. The molecule has 1 heterocycles. The van der Waals surface area contributed by atoms with Gasteiger partial charge in [-0.15, -0.1) is 0 Å². The first-order valence-corrected chi connectivity index (χ1v) is 7.34. The predicted molar refractivity (Wildman–Crippen MR) is 82.6 cm³/mol. The van der Waals surface area contributed by atoms with Crippen LogP contribution in [0.4, 0.5) is 5.95 Å². The number of amides is 1. The van der Waals surface area contributed by atoms with E-state index in [1.54, 1.807) is 31.5 Å².